The van der Waals surface area contributed by atoms with Crippen LogP contribution in [0.1, 0.15) is 6.42 Å². The first-order valence-electron chi connectivity index (χ1n) is 4.36. The third-order valence-electron chi connectivity index (χ3n) is 1.73. The third-order valence-corrected chi connectivity index (χ3v) is 4.41. The van der Waals surface area contributed by atoms with Crippen LogP contribution in [-0.2, 0) is 9.59 Å². The Labute approximate surface area is 118 Å². The molecule has 0 fully saturated rings. The lowest BCUT2D eigenvalue weighted by Crippen LogP contribution is -2.17. The summed E-state index contributed by atoms with van der Waals surface area (Å²) in [7, 11) is 0. The summed E-state index contributed by atoms with van der Waals surface area (Å²) >= 11 is 9.67. The molecule has 0 heterocycles. The highest BCUT2D eigenvalue weighted by atomic mass is 79.9. The molecule has 1 aromatic carbocycles. The van der Waals surface area contributed by atoms with E-state index in [-0.39, 0.29) is 23.4 Å². The first-order valence-corrected chi connectivity index (χ1v) is 7.07. The molecule has 0 spiro atoms. The first-order chi connectivity index (χ1) is 7.54. The average Bonchev–Trinajstić information content (AvgIpc) is 2.24. The fourth-order valence-electron chi connectivity index (χ4n) is 1.02. The van der Waals surface area contributed by atoms with Crippen molar-refractivity contribution in [2.45, 2.75) is 6.42 Å². The number of carbonyl (C=O) groups is 2. The number of amides is 1. The lowest BCUT2D eigenvalue weighted by molar-refractivity contribution is -0.123. The zero-order chi connectivity index (χ0) is 12.1. The van der Waals surface area contributed by atoms with Crippen molar-refractivity contribution in [1.82, 2.24) is 0 Å². The van der Waals surface area contributed by atoms with Crippen LogP contribution in [0.15, 0.2) is 27.1 Å². The summed E-state index contributed by atoms with van der Waals surface area (Å²) in [6.07, 6.45) is -0.121. The summed E-state index contributed by atoms with van der Waals surface area (Å²) in [5.74, 6) is -0.466. The Bertz CT molecular complexity index is 421. The zero-order valence-corrected chi connectivity index (χ0v) is 12.9. The second-order valence-electron chi connectivity index (χ2n) is 3.00. The molecule has 0 atom stereocenters. The summed E-state index contributed by atoms with van der Waals surface area (Å²) < 4.78 is 1.60. The fourth-order valence-corrected chi connectivity index (χ4v) is 1.95. The van der Waals surface area contributed by atoms with Gasteiger partial charge in [0.25, 0.3) is 0 Å². The number of halogens is 3. The molecule has 6 heteroatoms. The molecule has 1 amide bonds. The molecular weight excluding hydrogens is 406 g/mol. The number of hydrogen-bond acceptors (Lipinski definition) is 2. The van der Waals surface area contributed by atoms with Gasteiger partial charge in [-0.25, -0.2) is 0 Å². The molecule has 1 rings (SSSR count). The van der Waals surface area contributed by atoms with Crippen molar-refractivity contribution in [2.24, 2.45) is 0 Å². The third kappa shape index (κ3) is 3.99. The van der Waals surface area contributed by atoms with Crippen LogP contribution in [0.5, 0.6) is 0 Å². The van der Waals surface area contributed by atoms with Crippen LogP contribution < -0.4 is 5.32 Å². The molecule has 0 aliphatic rings. The van der Waals surface area contributed by atoms with Crippen LogP contribution in [0.25, 0.3) is 0 Å². The Balaban J connectivity index is 2.70. The second-order valence-corrected chi connectivity index (χ2v) is 5.21. The maximum absolute atomic E-state index is 11.5. The minimum absolute atomic E-state index is 0.121. The minimum Gasteiger partial charge on any atom is -0.325 e. The van der Waals surface area contributed by atoms with Gasteiger partial charge in [0.15, 0.2) is 5.78 Å². The van der Waals surface area contributed by atoms with E-state index in [9.17, 15) is 9.59 Å². The van der Waals surface area contributed by atoms with Gasteiger partial charge >= 0.3 is 0 Å². The Morgan fingerprint density at radius 3 is 2.56 bits per heavy atom. The lowest BCUT2D eigenvalue weighted by atomic mass is 10.2. The van der Waals surface area contributed by atoms with E-state index in [4.69, 9.17) is 0 Å². The number of rotatable bonds is 4. The molecule has 1 N–H and O–H groups in total. The van der Waals surface area contributed by atoms with Crippen molar-refractivity contribution in [3.8, 4) is 0 Å². The molecule has 86 valence electrons. The normalized spacial score (nSPS) is 9.94. The topological polar surface area (TPSA) is 46.2 Å². The number of carbonyl (C=O) groups excluding carboxylic acids is 2. The predicted octanol–water partition coefficient (Wildman–Crippen LogP) is 3.50. The van der Waals surface area contributed by atoms with Crippen molar-refractivity contribution in [3.05, 3.63) is 27.1 Å². The van der Waals surface area contributed by atoms with Crippen molar-refractivity contribution in [1.29, 1.82) is 0 Å². The number of benzene rings is 1. The van der Waals surface area contributed by atoms with Crippen molar-refractivity contribution in [2.75, 3.05) is 10.6 Å². The van der Waals surface area contributed by atoms with E-state index in [1.54, 1.807) is 12.1 Å². The standard InChI is InChI=1S/C10H8Br3NO2/c11-5-6(15)4-9(16)14-8-3-1-2-7(12)10(8)13/h1-3H,4-5H2,(H,14,16). The summed E-state index contributed by atoms with van der Waals surface area (Å²) in [6, 6.07) is 5.41. The number of ketones is 1. The number of Topliss-reactive ketones (excluding diaryl/α,β-unsaturated/α-hetero) is 1. The summed E-state index contributed by atoms with van der Waals surface area (Å²) in [6.45, 7) is 0. The van der Waals surface area contributed by atoms with Gasteiger partial charge in [-0.2, -0.15) is 0 Å². The van der Waals surface area contributed by atoms with Gasteiger partial charge in [-0.3, -0.25) is 9.59 Å². The molecule has 0 bridgehead atoms. The lowest BCUT2D eigenvalue weighted by Gasteiger charge is -2.07. The van der Waals surface area contributed by atoms with Gasteiger partial charge in [-0.15, -0.1) is 0 Å². The molecule has 1 aromatic rings. The fraction of sp³-hybridized carbons (Fsp3) is 0.200. The number of anilines is 1. The molecule has 0 aromatic heterocycles. The smallest absolute Gasteiger partial charge is 0.231 e. The maximum atomic E-state index is 11.5. The Morgan fingerprint density at radius 1 is 1.25 bits per heavy atom. The van der Waals surface area contributed by atoms with E-state index in [2.05, 4.69) is 53.1 Å². The molecule has 0 radical (unpaired) electrons. The van der Waals surface area contributed by atoms with E-state index in [0.717, 1.165) is 8.95 Å². The van der Waals surface area contributed by atoms with Gasteiger partial charge in [0.1, 0.15) is 0 Å². The van der Waals surface area contributed by atoms with E-state index >= 15 is 0 Å². The van der Waals surface area contributed by atoms with Crippen LogP contribution in [0, 0.1) is 0 Å². The van der Waals surface area contributed by atoms with Gasteiger partial charge in [-0.05, 0) is 44.0 Å². The van der Waals surface area contributed by atoms with Crippen molar-refractivity contribution in [3.63, 3.8) is 0 Å². The molecule has 16 heavy (non-hydrogen) atoms. The largest absolute Gasteiger partial charge is 0.325 e. The number of hydrogen-bond donors (Lipinski definition) is 1. The minimum atomic E-state index is -0.316. The summed E-state index contributed by atoms with van der Waals surface area (Å²) in [5.41, 5.74) is 0.641. The summed E-state index contributed by atoms with van der Waals surface area (Å²) in [4.78, 5) is 22.5. The molecule has 0 aliphatic carbocycles. The maximum Gasteiger partial charge on any atom is 0.231 e. The first kappa shape index (κ1) is 13.9. The van der Waals surface area contributed by atoms with Crippen LogP contribution >= 0.6 is 47.8 Å². The van der Waals surface area contributed by atoms with E-state index in [1.807, 2.05) is 6.07 Å². The number of alkyl halides is 1. The van der Waals surface area contributed by atoms with Gasteiger partial charge in [0.2, 0.25) is 5.91 Å². The highest BCUT2D eigenvalue weighted by Gasteiger charge is 2.10. The van der Waals surface area contributed by atoms with E-state index in [1.165, 1.54) is 0 Å². The molecular formula is C10H8Br3NO2. The Kier molecular flexibility index (Phi) is 5.64. The highest BCUT2D eigenvalue weighted by molar-refractivity contribution is 9.13. The molecule has 0 unspecified atom stereocenters. The van der Waals surface area contributed by atoms with Gasteiger partial charge in [-0.1, -0.05) is 22.0 Å². The van der Waals surface area contributed by atoms with Crippen LogP contribution in [0.4, 0.5) is 5.69 Å². The van der Waals surface area contributed by atoms with Gasteiger partial charge in [0.05, 0.1) is 21.9 Å². The molecule has 0 saturated heterocycles. The molecule has 0 saturated carbocycles. The highest BCUT2D eigenvalue weighted by Crippen LogP contribution is 2.30. The van der Waals surface area contributed by atoms with E-state index < -0.39 is 0 Å². The molecule has 3 nitrogen and oxygen atoms in total. The Morgan fingerprint density at radius 2 is 1.94 bits per heavy atom. The average molecular weight is 414 g/mol. The van der Waals surface area contributed by atoms with Crippen LogP contribution in [0.3, 0.4) is 0 Å². The SMILES string of the molecule is O=C(CBr)CC(=O)Nc1cccc(Br)c1Br. The van der Waals surface area contributed by atoms with E-state index in [0.29, 0.717) is 5.69 Å². The predicted molar refractivity (Wildman–Crippen MR) is 73.9 cm³/mol. The monoisotopic (exact) mass is 411 g/mol. The van der Waals surface area contributed by atoms with Gasteiger partial charge < -0.3 is 5.32 Å². The van der Waals surface area contributed by atoms with Crippen LogP contribution in [-0.4, -0.2) is 17.0 Å². The van der Waals surface area contributed by atoms with Gasteiger partial charge in [0, 0.05) is 4.47 Å². The number of nitrogens with one attached hydrogen (secondary N) is 1. The molecule has 0 aliphatic heterocycles. The van der Waals surface area contributed by atoms with Crippen molar-refractivity contribution < 1.29 is 9.59 Å². The summed E-state index contributed by atoms with van der Waals surface area (Å²) in [5, 5.41) is 2.85. The Hall–Kier alpha value is -0.200. The second kappa shape index (κ2) is 6.51. The quantitative estimate of drug-likeness (QED) is 0.606. The zero-order valence-electron chi connectivity index (χ0n) is 8.10. The van der Waals surface area contributed by atoms with Crippen molar-refractivity contribution >= 4 is 65.2 Å². The van der Waals surface area contributed by atoms with Crippen LogP contribution in [0.2, 0.25) is 0 Å².